The Morgan fingerprint density at radius 2 is 1.97 bits per heavy atom. The Morgan fingerprint density at radius 3 is 2.60 bits per heavy atom. The van der Waals surface area contributed by atoms with Gasteiger partial charge in [-0.3, -0.25) is 9.78 Å². The van der Waals surface area contributed by atoms with Crippen LogP contribution < -0.4 is 10.6 Å². The zero-order valence-corrected chi connectivity index (χ0v) is 21.1. The molecule has 8 nitrogen and oxygen atoms in total. The number of anilines is 1. The number of nitrogens with zero attached hydrogens (tertiary/aromatic N) is 6. The summed E-state index contributed by atoms with van der Waals surface area (Å²) >= 11 is 12.7. The highest BCUT2D eigenvalue weighted by molar-refractivity contribution is 6.41. The number of pyridine rings is 2. The number of piperazine rings is 1. The number of fused-ring (bicyclic) bond motifs is 1. The zero-order chi connectivity index (χ0) is 24.7. The lowest BCUT2D eigenvalue weighted by Gasteiger charge is -2.40. The Balaban J connectivity index is 0.00000342. The van der Waals surface area contributed by atoms with Crippen molar-refractivity contribution >= 4 is 46.0 Å². The van der Waals surface area contributed by atoms with Crippen molar-refractivity contribution in [3.63, 3.8) is 0 Å². The summed E-state index contributed by atoms with van der Waals surface area (Å²) in [7, 11) is 0. The molecule has 35 heavy (non-hydrogen) atoms. The highest BCUT2D eigenvalue weighted by atomic mass is 35.5. The first-order chi connectivity index (χ1) is 16.1. The smallest absolute Gasteiger partial charge is 0.350 e. The molecule has 1 amide bonds. The van der Waals surface area contributed by atoms with E-state index in [1.165, 1.54) is 10.6 Å². The summed E-state index contributed by atoms with van der Waals surface area (Å²) in [5.74, 6) is 0.410. The van der Waals surface area contributed by atoms with Gasteiger partial charge in [-0.15, -0.1) is 0 Å². The van der Waals surface area contributed by atoms with Crippen LogP contribution in [-0.2, 0) is 4.79 Å². The quantitative estimate of drug-likeness (QED) is 0.366. The van der Waals surface area contributed by atoms with Gasteiger partial charge in [-0.05, 0) is 43.5 Å². The van der Waals surface area contributed by atoms with Crippen LogP contribution in [0.3, 0.4) is 0 Å². The molecule has 10 heteroatoms. The van der Waals surface area contributed by atoms with E-state index in [1.807, 2.05) is 38.7 Å². The molecule has 0 unspecified atom stereocenters. The molecule has 186 valence electrons. The van der Waals surface area contributed by atoms with Crippen molar-refractivity contribution < 1.29 is 4.79 Å². The molecule has 1 aliphatic rings. The Morgan fingerprint density at radius 1 is 1.26 bits per heavy atom. The molecule has 3 aromatic heterocycles. The Labute approximate surface area is 215 Å². The third-order valence-corrected chi connectivity index (χ3v) is 6.74. The second-order valence-electron chi connectivity index (χ2n) is 8.73. The summed E-state index contributed by atoms with van der Waals surface area (Å²) in [6.07, 6.45) is 3.04. The van der Waals surface area contributed by atoms with Crippen LogP contribution in [0.1, 0.15) is 45.4 Å². The Kier molecular flexibility index (Phi) is 7.87. The van der Waals surface area contributed by atoms with E-state index in [9.17, 15) is 9.59 Å². The van der Waals surface area contributed by atoms with Crippen molar-refractivity contribution in [2.75, 3.05) is 24.5 Å². The van der Waals surface area contributed by atoms with E-state index in [0.29, 0.717) is 42.2 Å². The molecule has 4 heterocycles. The van der Waals surface area contributed by atoms with Gasteiger partial charge in [0.15, 0.2) is 5.65 Å². The van der Waals surface area contributed by atoms with Crippen molar-refractivity contribution in [2.45, 2.75) is 47.1 Å². The van der Waals surface area contributed by atoms with E-state index in [0.717, 1.165) is 11.3 Å². The largest absolute Gasteiger partial charge is 0.355 e. The summed E-state index contributed by atoms with van der Waals surface area (Å²) in [5, 5.41) is 0.964. The number of halogens is 2. The second-order valence-corrected chi connectivity index (χ2v) is 9.50. The van der Waals surface area contributed by atoms with Gasteiger partial charge in [-0.2, -0.15) is 4.98 Å². The van der Waals surface area contributed by atoms with Gasteiger partial charge < -0.3 is 9.80 Å². The van der Waals surface area contributed by atoms with Crippen LogP contribution in [0.2, 0.25) is 10.2 Å². The molecule has 1 aliphatic heterocycles. The van der Waals surface area contributed by atoms with Crippen LogP contribution in [0.15, 0.2) is 35.8 Å². The molecular weight excluding hydrogens is 487 g/mol. The predicted molar refractivity (Wildman–Crippen MR) is 142 cm³/mol. The lowest BCUT2D eigenvalue weighted by atomic mass is 10.0. The summed E-state index contributed by atoms with van der Waals surface area (Å²) in [6.45, 7) is 13.0. The first kappa shape index (κ1) is 26.6. The molecular formula is C25H30Cl2N6O2. The van der Waals surface area contributed by atoms with Crippen LogP contribution >= 0.6 is 23.2 Å². The lowest BCUT2D eigenvalue weighted by molar-refractivity contribution is -0.126. The van der Waals surface area contributed by atoms with E-state index in [2.05, 4.69) is 21.5 Å². The van der Waals surface area contributed by atoms with Gasteiger partial charge in [0.25, 0.3) is 0 Å². The summed E-state index contributed by atoms with van der Waals surface area (Å²) < 4.78 is 1.47. The SMILES string of the molecule is C.C=CC(=O)N1CCN(c2nc(=O)n(-c3c(C)ccnc3C(C)C)c3nc(Cl)c(Cl)cc23)[C@@H](C)C1. The van der Waals surface area contributed by atoms with E-state index >= 15 is 0 Å². The standard InChI is InChI=1S/C24H26Cl2N6O2.CH4/c1-6-18(33)30-9-10-31(15(5)12-30)22-16-11-17(25)21(26)28-23(16)32(24(34)29-22)20-14(4)7-8-27-19(20)13(2)3;/h6-8,11,13,15H,1,9-10,12H2,2-5H3;1H4/t15-;/m0./s1. The number of carbonyl (C=O) groups is 1. The number of aromatic nitrogens is 4. The number of rotatable bonds is 4. The molecule has 1 saturated heterocycles. The summed E-state index contributed by atoms with van der Waals surface area (Å²) in [5.41, 5.74) is 2.15. The van der Waals surface area contributed by atoms with Gasteiger partial charge in [-0.25, -0.2) is 14.3 Å². The molecule has 1 atom stereocenters. The van der Waals surface area contributed by atoms with E-state index < -0.39 is 5.69 Å². The van der Waals surface area contributed by atoms with Crippen molar-refractivity contribution in [1.82, 2.24) is 24.4 Å². The van der Waals surface area contributed by atoms with Crippen LogP contribution in [-0.4, -0.2) is 56.0 Å². The molecule has 0 bridgehead atoms. The molecule has 0 aliphatic carbocycles. The number of amides is 1. The van der Waals surface area contributed by atoms with E-state index in [1.54, 1.807) is 17.2 Å². The van der Waals surface area contributed by atoms with Crippen LogP contribution in [0.25, 0.3) is 16.7 Å². The predicted octanol–water partition coefficient (Wildman–Crippen LogP) is 4.77. The highest BCUT2D eigenvalue weighted by Gasteiger charge is 2.30. The normalized spacial score (nSPS) is 15.9. The third kappa shape index (κ3) is 4.77. The van der Waals surface area contributed by atoms with Crippen LogP contribution in [0.5, 0.6) is 0 Å². The average molecular weight is 517 g/mol. The number of carbonyl (C=O) groups excluding carboxylic acids is 1. The van der Waals surface area contributed by atoms with Gasteiger partial charge in [0.1, 0.15) is 11.0 Å². The fraction of sp³-hybridized carbons (Fsp3) is 0.400. The van der Waals surface area contributed by atoms with Gasteiger partial charge in [-0.1, -0.05) is 51.1 Å². The van der Waals surface area contributed by atoms with E-state index in [4.69, 9.17) is 23.2 Å². The van der Waals surface area contributed by atoms with Gasteiger partial charge >= 0.3 is 5.69 Å². The Hall–Kier alpha value is -2.97. The van der Waals surface area contributed by atoms with Gasteiger partial charge in [0.05, 0.1) is 21.8 Å². The van der Waals surface area contributed by atoms with E-state index in [-0.39, 0.29) is 35.5 Å². The molecule has 4 rings (SSSR count). The maximum absolute atomic E-state index is 13.5. The fourth-order valence-electron chi connectivity index (χ4n) is 4.39. The molecule has 3 aromatic rings. The van der Waals surface area contributed by atoms with Crippen LogP contribution in [0.4, 0.5) is 5.82 Å². The lowest BCUT2D eigenvalue weighted by Crippen LogP contribution is -2.54. The van der Waals surface area contributed by atoms with Gasteiger partial charge in [0.2, 0.25) is 5.91 Å². The minimum absolute atomic E-state index is 0. The molecule has 0 aromatic carbocycles. The van der Waals surface area contributed by atoms with Gasteiger partial charge in [0, 0.05) is 31.9 Å². The molecule has 0 N–H and O–H groups in total. The molecule has 0 radical (unpaired) electrons. The fourth-order valence-corrected chi connectivity index (χ4v) is 4.68. The number of hydrogen-bond acceptors (Lipinski definition) is 6. The van der Waals surface area contributed by atoms with Crippen molar-refractivity contribution in [1.29, 1.82) is 0 Å². The average Bonchev–Trinajstić information content (AvgIpc) is 2.79. The van der Waals surface area contributed by atoms with Crippen LogP contribution in [0, 0.1) is 6.92 Å². The van der Waals surface area contributed by atoms with Crippen molar-refractivity contribution in [3.05, 3.63) is 62.9 Å². The highest BCUT2D eigenvalue weighted by Crippen LogP contribution is 2.33. The number of aryl methyl sites for hydroxylation is 1. The van der Waals surface area contributed by atoms with Crippen molar-refractivity contribution in [2.24, 2.45) is 0 Å². The zero-order valence-electron chi connectivity index (χ0n) is 19.5. The first-order valence-electron chi connectivity index (χ1n) is 11.1. The second kappa shape index (κ2) is 10.3. The molecule has 1 fully saturated rings. The minimum Gasteiger partial charge on any atom is -0.350 e. The maximum Gasteiger partial charge on any atom is 0.355 e. The monoisotopic (exact) mass is 516 g/mol. The maximum atomic E-state index is 13.5. The minimum atomic E-state index is -0.483. The summed E-state index contributed by atoms with van der Waals surface area (Å²) in [4.78, 5) is 42.9. The topological polar surface area (TPSA) is 84.2 Å². The first-order valence-corrected chi connectivity index (χ1v) is 11.8. The van der Waals surface area contributed by atoms with Crippen molar-refractivity contribution in [3.8, 4) is 5.69 Å². The molecule has 0 saturated carbocycles. The molecule has 0 spiro atoms. The third-order valence-electron chi connectivity index (χ3n) is 6.07. The Bertz CT molecular complexity index is 1350. The summed E-state index contributed by atoms with van der Waals surface area (Å²) in [6, 6.07) is 3.45. The number of hydrogen-bond donors (Lipinski definition) is 0.